The Morgan fingerprint density at radius 2 is 1.33 bits per heavy atom. The highest BCUT2D eigenvalue weighted by Crippen LogP contribution is 2.08. The molecule has 0 bridgehead atoms. The molecule has 0 aliphatic carbocycles. The lowest BCUT2D eigenvalue weighted by Crippen LogP contribution is -1.93. The molecule has 0 atom stereocenters. The lowest BCUT2D eigenvalue weighted by molar-refractivity contribution is -0.137. The summed E-state index contributed by atoms with van der Waals surface area (Å²) in [7, 11) is 0. The molecule has 0 amide bonds. The molecule has 0 aromatic rings. The van der Waals surface area contributed by atoms with Gasteiger partial charge in [0.1, 0.15) is 0 Å². The van der Waals surface area contributed by atoms with Crippen molar-refractivity contribution in [1.29, 1.82) is 0 Å². The third kappa shape index (κ3) is 15.2. The number of carboxylic acid groups (broad SMARTS) is 1. The van der Waals surface area contributed by atoms with Crippen LogP contribution in [-0.4, -0.2) is 11.1 Å². The van der Waals surface area contributed by atoms with E-state index < -0.39 is 5.97 Å². The highest BCUT2D eigenvalue weighted by molar-refractivity contribution is 5.66. The molecule has 2 nitrogen and oxygen atoms in total. The number of allylic oxidation sites excluding steroid dienone is 2. The van der Waals surface area contributed by atoms with Gasteiger partial charge in [-0.1, -0.05) is 57.6 Å². The van der Waals surface area contributed by atoms with Crippen molar-refractivity contribution in [1.82, 2.24) is 0 Å². The van der Waals surface area contributed by atoms with Gasteiger partial charge in [0.15, 0.2) is 0 Å². The molecule has 0 spiro atoms. The summed E-state index contributed by atoms with van der Waals surface area (Å²) < 4.78 is 0. The molecule has 2 heteroatoms. The Bertz CT molecular complexity index is 209. The number of aliphatic carboxylic acids is 1. The first-order chi connectivity index (χ1) is 8.77. The average Bonchev–Trinajstić information content (AvgIpc) is 2.34. The Hall–Kier alpha value is -0.790. The van der Waals surface area contributed by atoms with Crippen molar-refractivity contribution in [2.45, 2.75) is 84.0 Å². The van der Waals surface area contributed by atoms with E-state index in [0.29, 0.717) is 6.42 Å². The van der Waals surface area contributed by atoms with E-state index in [4.69, 9.17) is 5.11 Å². The minimum atomic E-state index is -0.666. The number of hydrogen-bond donors (Lipinski definition) is 1. The molecule has 0 rings (SSSR count). The van der Waals surface area contributed by atoms with E-state index >= 15 is 0 Å². The monoisotopic (exact) mass is 255 g/mol. The highest BCUT2D eigenvalue weighted by Gasteiger charge is 1.95. The van der Waals surface area contributed by atoms with Crippen LogP contribution in [0.4, 0.5) is 0 Å². The molecule has 0 aromatic carbocycles. The summed E-state index contributed by atoms with van der Waals surface area (Å²) in [6.45, 7) is 2.24. The maximum atomic E-state index is 10.3. The second-order valence-corrected chi connectivity index (χ2v) is 5.02. The number of rotatable bonds is 13. The Balaban J connectivity index is 3.06. The Kier molecular flexibility index (Phi) is 13.6. The normalized spacial score (nSPS) is 11.2. The van der Waals surface area contributed by atoms with Crippen molar-refractivity contribution in [3.05, 3.63) is 12.2 Å². The van der Waals surface area contributed by atoms with Gasteiger partial charge in [-0.3, -0.25) is 4.79 Å². The van der Waals surface area contributed by atoms with E-state index in [-0.39, 0.29) is 0 Å². The highest BCUT2D eigenvalue weighted by atomic mass is 16.4. The maximum Gasteiger partial charge on any atom is 0.303 e. The minimum Gasteiger partial charge on any atom is -0.481 e. The third-order valence-electron chi connectivity index (χ3n) is 3.15. The van der Waals surface area contributed by atoms with Gasteiger partial charge in [-0.05, 0) is 32.1 Å². The zero-order valence-corrected chi connectivity index (χ0v) is 12.0. The van der Waals surface area contributed by atoms with Gasteiger partial charge >= 0.3 is 5.97 Å². The molecule has 0 saturated heterocycles. The molecule has 0 fully saturated rings. The average molecular weight is 255 g/mol. The molecular weight excluding hydrogens is 225 g/mol. The van der Waals surface area contributed by atoms with Crippen molar-refractivity contribution in [3.8, 4) is 0 Å². The summed E-state index contributed by atoms with van der Waals surface area (Å²) in [5.41, 5.74) is 0. The van der Waals surface area contributed by atoms with E-state index in [0.717, 1.165) is 12.8 Å². The number of carboxylic acids is 1. The van der Waals surface area contributed by atoms with Crippen molar-refractivity contribution in [2.75, 3.05) is 0 Å². The van der Waals surface area contributed by atoms with Gasteiger partial charge in [0.05, 0.1) is 0 Å². The smallest absolute Gasteiger partial charge is 0.303 e. The summed E-state index contributed by atoms with van der Waals surface area (Å²) in [4.78, 5) is 10.3. The topological polar surface area (TPSA) is 37.3 Å². The van der Waals surface area contributed by atoms with Crippen LogP contribution in [-0.2, 0) is 4.79 Å². The van der Waals surface area contributed by atoms with E-state index in [1.807, 2.05) is 0 Å². The zero-order valence-electron chi connectivity index (χ0n) is 12.0. The molecule has 0 saturated carbocycles. The van der Waals surface area contributed by atoms with E-state index in [2.05, 4.69) is 19.1 Å². The maximum absolute atomic E-state index is 10.3. The standard InChI is InChI=1S/C16H30O2/c1-2-3-4-5-6-7-8-9-10-11-12-13-14-15-16(17)18/h7-8H,2-6,9-15H2,1H3,(H,17,18)/b8-7-/i9+1. The van der Waals surface area contributed by atoms with Crippen LogP contribution in [0.2, 0.25) is 0 Å². The Morgan fingerprint density at radius 3 is 1.89 bits per heavy atom. The molecule has 0 heterocycles. The van der Waals surface area contributed by atoms with E-state index in [1.54, 1.807) is 0 Å². The number of carbonyl (C=O) groups is 1. The van der Waals surface area contributed by atoms with E-state index in [9.17, 15) is 4.79 Å². The minimum absolute atomic E-state index is 0.331. The third-order valence-corrected chi connectivity index (χ3v) is 3.15. The summed E-state index contributed by atoms with van der Waals surface area (Å²) >= 11 is 0. The van der Waals surface area contributed by atoms with Gasteiger partial charge in [-0.15, -0.1) is 0 Å². The van der Waals surface area contributed by atoms with Gasteiger partial charge in [0.2, 0.25) is 0 Å². The number of unbranched alkanes of at least 4 members (excludes halogenated alkanes) is 9. The first-order valence-electron chi connectivity index (χ1n) is 7.64. The van der Waals surface area contributed by atoms with Gasteiger partial charge in [0.25, 0.3) is 0 Å². The molecule has 0 aromatic heterocycles. The zero-order chi connectivity index (χ0) is 13.5. The second kappa shape index (κ2) is 14.3. The van der Waals surface area contributed by atoms with Crippen LogP contribution < -0.4 is 0 Å². The van der Waals surface area contributed by atoms with Crippen LogP contribution >= 0.6 is 0 Å². The van der Waals surface area contributed by atoms with E-state index in [1.165, 1.54) is 57.8 Å². The molecule has 0 unspecified atom stereocenters. The molecule has 106 valence electrons. The number of hydrogen-bond acceptors (Lipinski definition) is 1. The van der Waals surface area contributed by atoms with Crippen LogP contribution in [0.3, 0.4) is 0 Å². The van der Waals surface area contributed by atoms with Crippen LogP contribution in [0, 0.1) is 0 Å². The lowest BCUT2D eigenvalue weighted by atomic mass is 10.1. The summed E-state index contributed by atoms with van der Waals surface area (Å²) in [5.74, 6) is -0.666. The Labute approximate surface area is 112 Å². The fraction of sp³-hybridized carbons (Fsp3) is 0.812. The summed E-state index contributed by atoms with van der Waals surface area (Å²) in [6, 6.07) is 0. The molecule has 0 radical (unpaired) electrons. The largest absolute Gasteiger partial charge is 0.481 e. The lowest BCUT2D eigenvalue weighted by Gasteiger charge is -1.98. The SMILES string of the molecule is CCCCCC/C=C\[13CH2]CCCCCCC(=O)O. The first-order valence-corrected chi connectivity index (χ1v) is 7.64. The predicted octanol–water partition coefficient (Wildman–Crippen LogP) is 5.33. The van der Waals surface area contributed by atoms with Crippen LogP contribution in [0.5, 0.6) is 0 Å². The van der Waals surface area contributed by atoms with Gasteiger partial charge in [-0.25, -0.2) is 0 Å². The summed E-state index contributed by atoms with van der Waals surface area (Å²) in [6.07, 6.45) is 18.3. The molecular formula is C16H30O2. The van der Waals surface area contributed by atoms with Gasteiger partial charge in [-0.2, -0.15) is 0 Å². The quantitative estimate of drug-likeness (QED) is 0.274. The van der Waals surface area contributed by atoms with Crippen LogP contribution in [0.15, 0.2) is 12.2 Å². The molecule has 0 aliphatic heterocycles. The van der Waals surface area contributed by atoms with Crippen LogP contribution in [0.1, 0.15) is 84.0 Å². The summed E-state index contributed by atoms with van der Waals surface area (Å²) in [5, 5.41) is 8.48. The molecule has 1 N–H and O–H groups in total. The van der Waals surface area contributed by atoms with Crippen LogP contribution in [0.25, 0.3) is 0 Å². The van der Waals surface area contributed by atoms with Crippen molar-refractivity contribution >= 4 is 5.97 Å². The van der Waals surface area contributed by atoms with Crippen molar-refractivity contribution < 1.29 is 9.90 Å². The Morgan fingerprint density at radius 1 is 0.833 bits per heavy atom. The fourth-order valence-electron chi connectivity index (χ4n) is 1.99. The van der Waals surface area contributed by atoms with Crippen molar-refractivity contribution in [2.24, 2.45) is 0 Å². The molecule has 0 aliphatic rings. The predicted molar refractivity (Wildman–Crippen MR) is 77.9 cm³/mol. The second-order valence-electron chi connectivity index (χ2n) is 5.02. The van der Waals surface area contributed by atoms with Gasteiger partial charge in [0, 0.05) is 6.42 Å². The molecule has 18 heavy (non-hydrogen) atoms. The van der Waals surface area contributed by atoms with Gasteiger partial charge < -0.3 is 5.11 Å². The van der Waals surface area contributed by atoms with Crippen molar-refractivity contribution in [3.63, 3.8) is 0 Å². The fourth-order valence-corrected chi connectivity index (χ4v) is 1.99. The first kappa shape index (κ1) is 17.2.